The van der Waals surface area contributed by atoms with Crippen LogP contribution in [-0.2, 0) is 0 Å². The molecule has 3 aromatic rings. The minimum atomic E-state index is 0.620. The maximum Gasteiger partial charge on any atom is 0.166 e. The van der Waals surface area contributed by atoms with Gasteiger partial charge in [0.25, 0.3) is 0 Å². The van der Waals surface area contributed by atoms with Gasteiger partial charge in [0.1, 0.15) is 5.75 Å². The Morgan fingerprint density at radius 1 is 1.18 bits per heavy atom. The first-order chi connectivity index (χ1) is 10.8. The molecule has 0 radical (unpaired) electrons. The molecule has 22 heavy (non-hydrogen) atoms. The van der Waals surface area contributed by atoms with E-state index < -0.39 is 0 Å². The van der Waals surface area contributed by atoms with E-state index >= 15 is 0 Å². The molecule has 5 heteroatoms. The second-order valence-corrected chi connectivity index (χ2v) is 5.83. The molecule has 0 saturated carbocycles. The van der Waals surface area contributed by atoms with Crippen LogP contribution in [0, 0.1) is 11.3 Å². The Hall–Kier alpha value is -2.45. The summed E-state index contributed by atoms with van der Waals surface area (Å²) in [5.41, 5.74) is 2.68. The average Bonchev–Trinajstić information content (AvgIpc) is 2.97. The van der Waals surface area contributed by atoms with Gasteiger partial charge in [-0.25, -0.2) is 4.98 Å². The monoisotopic (exact) mass is 309 g/mol. The van der Waals surface area contributed by atoms with Gasteiger partial charge in [0.15, 0.2) is 5.16 Å². The second kappa shape index (κ2) is 7.01. The summed E-state index contributed by atoms with van der Waals surface area (Å²) < 4.78 is 5.65. The van der Waals surface area contributed by atoms with Crippen LogP contribution in [-0.4, -0.2) is 22.3 Å². The largest absolute Gasteiger partial charge is 0.494 e. The molecule has 0 amide bonds. The molecule has 0 unspecified atom stereocenters. The van der Waals surface area contributed by atoms with Crippen molar-refractivity contribution in [2.75, 3.05) is 12.4 Å². The molecule has 110 valence electrons. The van der Waals surface area contributed by atoms with Crippen molar-refractivity contribution in [3.05, 3.63) is 54.1 Å². The highest BCUT2D eigenvalue weighted by Crippen LogP contribution is 2.20. The Balaban J connectivity index is 1.44. The third-order valence-electron chi connectivity index (χ3n) is 3.13. The summed E-state index contributed by atoms with van der Waals surface area (Å²) in [6.07, 6.45) is 0.915. The normalized spacial score (nSPS) is 10.5. The number of aromatic amines is 1. The van der Waals surface area contributed by atoms with Crippen LogP contribution in [0.4, 0.5) is 0 Å². The molecule has 0 saturated heterocycles. The molecule has 0 bridgehead atoms. The lowest BCUT2D eigenvalue weighted by molar-refractivity contribution is 0.318. The molecule has 1 heterocycles. The van der Waals surface area contributed by atoms with E-state index in [1.165, 1.54) is 0 Å². The van der Waals surface area contributed by atoms with Crippen molar-refractivity contribution >= 4 is 22.8 Å². The van der Waals surface area contributed by atoms with Crippen molar-refractivity contribution < 1.29 is 4.74 Å². The highest BCUT2D eigenvalue weighted by Gasteiger charge is 2.02. The number of nitrogens with zero attached hydrogens (tertiary/aromatic N) is 2. The summed E-state index contributed by atoms with van der Waals surface area (Å²) in [5, 5.41) is 9.78. The molecule has 2 aromatic carbocycles. The molecule has 1 N–H and O–H groups in total. The van der Waals surface area contributed by atoms with Crippen LogP contribution >= 0.6 is 11.8 Å². The van der Waals surface area contributed by atoms with Crippen molar-refractivity contribution in [2.24, 2.45) is 0 Å². The third-order valence-corrected chi connectivity index (χ3v) is 4.09. The van der Waals surface area contributed by atoms with E-state index in [2.05, 4.69) is 16.0 Å². The Morgan fingerprint density at radius 3 is 2.95 bits per heavy atom. The Bertz CT molecular complexity index is 774. The molecule has 0 spiro atoms. The van der Waals surface area contributed by atoms with E-state index in [1.54, 1.807) is 23.9 Å². The van der Waals surface area contributed by atoms with Gasteiger partial charge in [0.2, 0.25) is 0 Å². The standard InChI is InChI=1S/C17H15N3OS/c18-12-13-5-3-6-14(11-13)21-9-4-10-22-17-19-15-7-1-2-8-16(15)20-17/h1-3,5-8,11H,4,9-10H2,(H,19,20). The van der Waals surface area contributed by atoms with Gasteiger partial charge in [0, 0.05) is 5.75 Å². The van der Waals surface area contributed by atoms with E-state index in [-0.39, 0.29) is 0 Å². The molecule has 0 aliphatic rings. The maximum atomic E-state index is 8.84. The van der Waals surface area contributed by atoms with Gasteiger partial charge in [0.05, 0.1) is 29.3 Å². The number of ether oxygens (including phenoxy) is 1. The minimum Gasteiger partial charge on any atom is -0.494 e. The first-order valence-electron chi connectivity index (χ1n) is 7.06. The summed E-state index contributed by atoms with van der Waals surface area (Å²) in [6.45, 7) is 0.627. The molecule has 0 aliphatic heterocycles. The van der Waals surface area contributed by atoms with E-state index in [0.29, 0.717) is 12.2 Å². The number of benzene rings is 2. The van der Waals surface area contributed by atoms with Crippen molar-refractivity contribution in [3.63, 3.8) is 0 Å². The number of hydrogen-bond acceptors (Lipinski definition) is 4. The summed E-state index contributed by atoms with van der Waals surface area (Å²) in [5.74, 6) is 1.67. The molecular weight excluding hydrogens is 294 g/mol. The molecule has 0 atom stereocenters. The quantitative estimate of drug-likeness (QED) is 0.552. The van der Waals surface area contributed by atoms with Crippen LogP contribution in [0.1, 0.15) is 12.0 Å². The number of rotatable bonds is 6. The van der Waals surface area contributed by atoms with Gasteiger partial charge >= 0.3 is 0 Å². The highest BCUT2D eigenvalue weighted by atomic mass is 32.2. The van der Waals surface area contributed by atoms with Gasteiger partial charge in [-0.2, -0.15) is 5.26 Å². The summed E-state index contributed by atoms with van der Waals surface area (Å²) in [4.78, 5) is 7.82. The number of thioether (sulfide) groups is 1. The fourth-order valence-corrected chi connectivity index (χ4v) is 2.87. The Morgan fingerprint density at radius 2 is 2.09 bits per heavy atom. The van der Waals surface area contributed by atoms with Crippen molar-refractivity contribution in [3.8, 4) is 11.8 Å². The van der Waals surface area contributed by atoms with Crippen LogP contribution in [0.5, 0.6) is 5.75 Å². The van der Waals surface area contributed by atoms with Crippen molar-refractivity contribution in [1.29, 1.82) is 5.26 Å². The van der Waals surface area contributed by atoms with Crippen LogP contribution in [0.2, 0.25) is 0 Å². The second-order valence-electron chi connectivity index (χ2n) is 4.75. The average molecular weight is 309 g/mol. The highest BCUT2D eigenvalue weighted by molar-refractivity contribution is 7.99. The fraction of sp³-hybridized carbons (Fsp3) is 0.176. The molecule has 0 aliphatic carbocycles. The van der Waals surface area contributed by atoms with Gasteiger partial charge in [-0.15, -0.1) is 0 Å². The zero-order chi connectivity index (χ0) is 15.2. The lowest BCUT2D eigenvalue weighted by Crippen LogP contribution is -1.99. The molecule has 1 aromatic heterocycles. The minimum absolute atomic E-state index is 0.620. The topological polar surface area (TPSA) is 61.7 Å². The zero-order valence-corrected chi connectivity index (χ0v) is 12.8. The van der Waals surface area contributed by atoms with E-state index in [1.807, 2.05) is 36.4 Å². The predicted octanol–water partition coefficient (Wildman–Crippen LogP) is 4.00. The SMILES string of the molecule is N#Cc1cccc(OCCCSc2nc3ccccc3[nH]2)c1. The van der Waals surface area contributed by atoms with Gasteiger partial charge in [-0.1, -0.05) is 30.0 Å². The molecule has 4 nitrogen and oxygen atoms in total. The predicted molar refractivity (Wildman–Crippen MR) is 88.1 cm³/mol. The number of aromatic nitrogens is 2. The van der Waals surface area contributed by atoms with Crippen molar-refractivity contribution in [2.45, 2.75) is 11.6 Å². The van der Waals surface area contributed by atoms with E-state index in [9.17, 15) is 0 Å². The zero-order valence-electron chi connectivity index (χ0n) is 12.0. The maximum absolute atomic E-state index is 8.84. The number of para-hydroxylation sites is 2. The number of nitriles is 1. The number of fused-ring (bicyclic) bond motifs is 1. The molecule has 3 rings (SSSR count). The third kappa shape index (κ3) is 3.60. The molecular formula is C17H15N3OS. The Kier molecular flexibility index (Phi) is 4.62. The van der Waals surface area contributed by atoms with Crippen LogP contribution < -0.4 is 4.74 Å². The Labute approximate surface area is 133 Å². The van der Waals surface area contributed by atoms with Gasteiger partial charge < -0.3 is 9.72 Å². The van der Waals surface area contributed by atoms with Crippen LogP contribution in [0.25, 0.3) is 11.0 Å². The van der Waals surface area contributed by atoms with E-state index in [0.717, 1.165) is 34.1 Å². The van der Waals surface area contributed by atoms with Gasteiger partial charge in [-0.05, 0) is 36.8 Å². The summed E-state index contributed by atoms with van der Waals surface area (Å²) >= 11 is 1.69. The summed E-state index contributed by atoms with van der Waals surface area (Å²) in [6, 6.07) is 17.3. The summed E-state index contributed by atoms with van der Waals surface area (Å²) in [7, 11) is 0. The number of hydrogen-bond donors (Lipinski definition) is 1. The first-order valence-corrected chi connectivity index (χ1v) is 8.04. The smallest absolute Gasteiger partial charge is 0.166 e. The number of H-pyrrole nitrogens is 1. The van der Waals surface area contributed by atoms with Crippen LogP contribution in [0.3, 0.4) is 0 Å². The van der Waals surface area contributed by atoms with Crippen LogP contribution in [0.15, 0.2) is 53.7 Å². The van der Waals surface area contributed by atoms with Gasteiger partial charge in [-0.3, -0.25) is 0 Å². The van der Waals surface area contributed by atoms with Crippen molar-refractivity contribution in [1.82, 2.24) is 9.97 Å². The lowest BCUT2D eigenvalue weighted by atomic mass is 10.2. The fourth-order valence-electron chi connectivity index (χ4n) is 2.07. The molecule has 0 fully saturated rings. The first kappa shape index (κ1) is 14.5. The number of imidazole rings is 1. The van der Waals surface area contributed by atoms with E-state index in [4.69, 9.17) is 10.00 Å². The lowest BCUT2D eigenvalue weighted by Gasteiger charge is -2.05. The number of nitrogens with one attached hydrogen (secondary N) is 1.